The first-order valence-electron chi connectivity index (χ1n) is 4.09. The van der Waals surface area contributed by atoms with Crippen LogP contribution in [-0.4, -0.2) is 19.1 Å². The maximum Gasteiger partial charge on any atom is 0.0514 e. The van der Waals surface area contributed by atoms with E-state index in [-0.39, 0.29) is 0 Å². The molecular formula is C9H13ClOS. The topological polar surface area (TPSA) is 9.23 Å². The third-order valence-electron chi connectivity index (χ3n) is 1.50. The highest BCUT2D eigenvalue weighted by atomic mass is 35.5. The Labute approximate surface area is 82.3 Å². The zero-order valence-corrected chi connectivity index (χ0v) is 8.53. The summed E-state index contributed by atoms with van der Waals surface area (Å²) in [5.74, 6) is 0.693. The molecule has 1 nitrogen and oxygen atoms in total. The van der Waals surface area contributed by atoms with Gasteiger partial charge in [0.1, 0.15) is 0 Å². The molecule has 12 heavy (non-hydrogen) atoms. The molecule has 0 saturated carbocycles. The molecule has 1 aromatic heterocycles. The van der Waals surface area contributed by atoms with Gasteiger partial charge in [-0.3, -0.25) is 0 Å². The maximum atomic E-state index is 5.50. The van der Waals surface area contributed by atoms with Gasteiger partial charge in [0, 0.05) is 23.8 Å². The second-order valence-corrected chi connectivity index (χ2v) is 3.89. The SMILES string of the molecule is ClCCCOCCc1cccs1. The molecule has 0 aliphatic carbocycles. The van der Waals surface area contributed by atoms with E-state index in [1.54, 1.807) is 11.3 Å². The number of halogens is 1. The molecule has 0 aliphatic rings. The Morgan fingerprint density at radius 2 is 2.33 bits per heavy atom. The second-order valence-electron chi connectivity index (χ2n) is 2.48. The number of hydrogen-bond donors (Lipinski definition) is 0. The van der Waals surface area contributed by atoms with Gasteiger partial charge in [-0.15, -0.1) is 22.9 Å². The van der Waals surface area contributed by atoms with Gasteiger partial charge in [-0.25, -0.2) is 0 Å². The van der Waals surface area contributed by atoms with Gasteiger partial charge in [0.15, 0.2) is 0 Å². The molecule has 0 aliphatic heterocycles. The van der Waals surface area contributed by atoms with Gasteiger partial charge >= 0.3 is 0 Å². The van der Waals surface area contributed by atoms with Crippen molar-refractivity contribution in [1.82, 2.24) is 0 Å². The number of thiophene rings is 1. The van der Waals surface area contributed by atoms with Crippen LogP contribution >= 0.6 is 22.9 Å². The summed E-state index contributed by atoms with van der Waals surface area (Å²) in [5.41, 5.74) is 0. The van der Waals surface area contributed by atoms with E-state index >= 15 is 0 Å². The van der Waals surface area contributed by atoms with Crippen molar-refractivity contribution in [3.63, 3.8) is 0 Å². The third-order valence-corrected chi connectivity index (χ3v) is 2.70. The monoisotopic (exact) mass is 204 g/mol. The van der Waals surface area contributed by atoms with Crippen LogP contribution in [0.1, 0.15) is 11.3 Å². The zero-order chi connectivity index (χ0) is 8.65. The molecule has 0 saturated heterocycles. The molecule has 1 aromatic rings. The van der Waals surface area contributed by atoms with Crippen molar-refractivity contribution in [1.29, 1.82) is 0 Å². The maximum absolute atomic E-state index is 5.50. The highest BCUT2D eigenvalue weighted by Crippen LogP contribution is 2.08. The molecule has 0 radical (unpaired) electrons. The minimum atomic E-state index is 0.693. The fourth-order valence-electron chi connectivity index (χ4n) is 0.886. The van der Waals surface area contributed by atoms with Gasteiger partial charge < -0.3 is 4.74 Å². The summed E-state index contributed by atoms with van der Waals surface area (Å²) < 4.78 is 5.37. The van der Waals surface area contributed by atoms with Crippen LogP contribution in [0, 0.1) is 0 Å². The molecule has 3 heteroatoms. The Morgan fingerprint density at radius 1 is 1.42 bits per heavy atom. The van der Waals surface area contributed by atoms with E-state index < -0.39 is 0 Å². The molecule has 0 unspecified atom stereocenters. The lowest BCUT2D eigenvalue weighted by Gasteiger charge is -2.00. The second kappa shape index (κ2) is 6.46. The quantitative estimate of drug-likeness (QED) is 0.512. The normalized spacial score (nSPS) is 10.4. The predicted octanol–water partition coefficient (Wildman–Crippen LogP) is 2.94. The average molecular weight is 205 g/mol. The summed E-state index contributed by atoms with van der Waals surface area (Å²) in [6.45, 7) is 1.60. The van der Waals surface area contributed by atoms with E-state index in [2.05, 4.69) is 17.5 Å². The van der Waals surface area contributed by atoms with E-state index in [0.29, 0.717) is 5.88 Å². The van der Waals surface area contributed by atoms with Crippen molar-refractivity contribution in [3.8, 4) is 0 Å². The van der Waals surface area contributed by atoms with E-state index in [1.807, 2.05) is 0 Å². The standard InChI is InChI=1S/C9H13ClOS/c10-5-2-6-11-7-4-9-3-1-8-12-9/h1,3,8H,2,4-7H2. The smallest absolute Gasteiger partial charge is 0.0514 e. The van der Waals surface area contributed by atoms with Crippen LogP contribution in [-0.2, 0) is 11.2 Å². The Morgan fingerprint density at radius 3 is 3.00 bits per heavy atom. The lowest BCUT2D eigenvalue weighted by molar-refractivity contribution is 0.139. The molecule has 1 rings (SSSR count). The third kappa shape index (κ3) is 4.10. The van der Waals surface area contributed by atoms with Crippen LogP contribution in [0.5, 0.6) is 0 Å². The Bertz CT molecular complexity index is 186. The van der Waals surface area contributed by atoms with Crippen molar-refractivity contribution in [2.45, 2.75) is 12.8 Å². The van der Waals surface area contributed by atoms with Crippen LogP contribution in [0.4, 0.5) is 0 Å². The number of alkyl halides is 1. The summed E-state index contributed by atoms with van der Waals surface area (Å²) in [6, 6.07) is 4.20. The summed E-state index contributed by atoms with van der Waals surface area (Å²) in [4.78, 5) is 1.39. The Hall–Kier alpha value is -0.0500. The summed E-state index contributed by atoms with van der Waals surface area (Å²) >= 11 is 7.28. The van der Waals surface area contributed by atoms with E-state index in [0.717, 1.165) is 26.1 Å². The fraction of sp³-hybridized carbons (Fsp3) is 0.556. The average Bonchev–Trinajstić information content (AvgIpc) is 2.57. The van der Waals surface area contributed by atoms with Gasteiger partial charge in [0.05, 0.1) is 6.61 Å². The van der Waals surface area contributed by atoms with Gasteiger partial charge in [0.25, 0.3) is 0 Å². The first-order valence-corrected chi connectivity index (χ1v) is 5.51. The van der Waals surface area contributed by atoms with Crippen LogP contribution in [0.15, 0.2) is 17.5 Å². The molecule has 0 N–H and O–H groups in total. The van der Waals surface area contributed by atoms with E-state index in [1.165, 1.54) is 4.88 Å². The van der Waals surface area contributed by atoms with E-state index in [4.69, 9.17) is 16.3 Å². The van der Waals surface area contributed by atoms with Gasteiger partial charge in [-0.05, 0) is 17.9 Å². The highest BCUT2D eigenvalue weighted by molar-refractivity contribution is 7.09. The molecule has 68 valence electrons. The minimum absolute atomic E-state index is 0.693. The summed E-state index contributed by atoms with van der Waals surface area (Å²) in [6.07, 6.45) is 1.98. The molecule has 0 spiro atoms. The first kappa shape index (κ1) is 10.0. The predicted molar refractivity (Wildman–Crippen MR) is 54.2 cm³/mol. The van der Waals surface area contributed by atoms with E-state index in [9.17, 15) is 0 Å². The van der Waals surface area contributed by atoms with Crippen molar-refractivity contribution >= 4 is 22.9 Å². The fourth-order valence-corrected chi connectivity index (χ4v) is 1.69. The van der Waals surface area contributed by atoms with Gasteiger partial charge in [-0.2, -0.15) is 0 Å². The lowest BCUT2D eigenvalue weighted by Crippen LogP contribution is -1.99. The molecule has 0 atom stereocenters. The first-order chi connectivity index (χ1) is 5.93. The van der Waals surface area contributed by atoms with Crippen LogP contribution < -0.4 is 0 Å². The van der Waals surface area contributed by atoms with Crippen LogP contribution in [0.25, 0.3) is 0 Å². The van der Waals surface area contributed by atoms with Gasteiger partial charge in [-0.1, -0.05) is 6.07 Å². The van der Waals surface area contributed by atoms with Crippen molar-refractivity contribution in [3.05, 3.63) is 22.4 Å². The Kier molecular flexibility index (Phi) is 5.41. The minimum Gasteiger partial charge on any atom is -0.381 e. The summed E-state index contributed by atoms with van der Waals surface area (Å²) in [7, 11) is 0. The molecular weight excluding hydrogens is 192 g/mol. The number of ether oxygens (including phenoxy) is 1. The van der Waals surface area contributed by atoms with Crippen molar-refractivity contribution < 1.29 is 4.74 Å². The van der Waals surface area contributed by atoms with Crippen LogP contribution in [0.2, 0.25) is 0 Å². The number of hydrogen-bond acceptors (Lipinski definition) is 2. The zero-order valence-electron chi connectivity index (χ0n) is 6.96. The molecule has 0 amide bonds. The van der Waals surface area contributed by atoms with Crippen LogP contribution in [0.3, 0.4) is 0 Å². The highest BCUT2D eigenvalue weighted by Gasteiger charge is 1.93. The summed E-state index contributed by atoms with van der Waals surface area (Å²) in [5, 5.41) is 2.09. The lowest BCUT2D eigenvalue weighted by atomic mass is 10.4. The van der Waals surface area contributed by atoms with Crippen molar-refractivity contribution in [2.75, 3.05) is 19.1 Å². The number of rotatable bonds is 6. The molecule has 0 bridgehead atoms. The molecule has 0 fully saturated rings. The van der Waals surface area contributed by atoms with Crippen molar-refractivity contribution in [2.24, 2.45) is 0 Å². The largest absolute Gasteiger partial charge is 0.381 e. The molecule has 1 heterocycles. The Balaban J connectivity index is 1.96. The van der Waals surface area contributed by atoms with Gasteiger partial charge in [0.2, 0.25) is 0 Å². The molecule has 0 aromatic carbocycles.